The van der Waals surface area contributed by atoms with Gasteiger partial charge in [0.05, 0.1) is 0 Å². The van der Waals surface area contributed by atoms with Crippen LogP contribution in [0.5, 0.6) is 0 Å². The Morgan fingerprint density at radius 2 is 1.52 bits per heavy atom. The Hall–Kier alpha value is -1.37. The van der Waals surface area contributed by atoms with Crippen molar-refractivity contribution in [1.29, 1.82) is 0 Å². The Morgan fingerprint density at radius 3 is 2.19 bits per heavy atom. The van der Waals surface area contributed by atoms with E-state index in [9.17, 15) is 4.79 Å². The molecule has 0 amide bonds. The molecule has 4 aliphatic rings. The van der Waals surface area contributed by atoms with Gasteiger partial charge in [0.1, 0.15) is 5.78 Å². The van der Waals surface area contributed by atoms with Gasteiger partial charge in [-0.05, 0) is 61.0 Å². The van der Waals surface area contributed by atoms with Gasteiger partial charge in [0.25, 0.3) is 0 Å². The Bertz CT molecular complexity index is 702. The summed E-state index contributed by atoms with van der Waals surface area (Å²) in [5.41, 5.74) is 3.45. The minimum Gasteiger partial charge on any atom is -0.299 e. The molecule has 0 aromatic heterocycles. The summed E-state index contributed by atoms with van der Waals surface area (Å²) in [6, 6.07) is 0. The molecule has 3 fully saturated rings. The van der Waals surface area contributed by atoms with Crippen LogP contribution >= 0.6 is 0 Å². The molecule has 0 N–H and O–H groups in total. The summed E-state index contributed by atoms with van der Waals surface area (Å²) in [6.45, 7) is 17.6. The van der Waals surface area contributed by atoms with E-state index in [-0.39, 0.29) is 16.2 Å². The SMILES string of the molecule is C=C.CC1(C)/C=C\C(C)(C)/C=C2\C(=C/1)CCC1C2CCC2(C)C(=O)CCC12. The van der Waals surface area contributed by atoms with Gasteiger partial charge >= 0.3 is 0 Å². The number of hydrogen-bond donors (Lipinski definition) is 0. The Balaban J connectivity index is 0.00000102. The first-order valence-corrected chi connectivity index (χ1v) is 10.8. The number of Topliss-reactive ketones (excluding diaryl/α,β-unsaturated/α-hetero) is 1. The van der Waals surface area contributed by atoms with Gasteiger partial charge in [-0.1, -0.05) is 58.9 Å². The number of carbonyl (C=O) groups is 1. The minimum absolute atomic E-state index is 0.0146. The van der Waals surface area contributed by atoms with E-state index in [1.165, 1.54) is 19.3 Å². The largest absolute Gasteiger partial charge is 0.299 e. The summed E-state index contributed by atoms with van der Waals surface area (Å²) in [5, 5.41) is 0. The fraction of sp³-hybridized carbons (Fsp3) is 0.654. The van der Waals surface area contributed by atoms with E-state index in [1.807, 2.05) is 0 Å². The molecule has 0 aromatic carbocycles. The van der Waals surface area contributed by atoms with Gasteiger partial charge < -0.3 is 0 Å². The maximum atomic E-state index is 12.5. The van der Waals surface area contributed by atoms with Crippen molar-refractivity contribution in [3.8, 4) is 0 Å². The third-order valence-corrected chi connectivity index (χ3v) is 7.68. The predicted molar refractivity (Wildman–Crippen MR) is 115 cm³/mol. The highest BCUT2D eigenvalue weighted by Crippen LogP contribution is 2.60. The summed E-state index contributed by atoms with van der Waals surface area (Å²) < 4.78 is 0. The lowest BCUT2D eigenvalue weighted by atomic mass is 9.54. The van der Waals surface area contributed by atoms with Crippen molar-refractivity contribution in [3.63, 3.8) is 0 Å². The molecule has 4 unspecified atom stereocenters. The molecule has 27 heavy (non-hydrogen) atoms. The van der Waals surface area contributed by atoms with Gasteiger partial charge in [-0.3, -0.25) is 4.79 Å². The molecule has 0 radical (unpaired) electrons. The maximum absolute atomic E-state index is 12.5. The molecule has 0 bridgehead atoms. The lowest BCUT2D eigenvalue weighted by molar-refractivity contribution is -0.129. The first kappa shape index (κ1) is 20.4. The highest BCUT2D eigenvalue weighted by atomic mass is 16.1. The number of hydrogen-bond acceptors (Lipinski definition) is 1. The molecule has 0 heterocycles. The van der Waals surface area contributed by atoms with Crippen LogP contribution in [0.3, 0.4) is 0 Å². The Kier molecular flexibility index (Phi) is 5.21. The summed E-state index contributed by atoms with van der Waals surface area (Å²) >= 11 is 0. The zero-order valence-electron chi connectivity index (χ0n) is 18.1. The van der Waals surface area contributed by atoms with Crippen molar-refractivity contribution in [2.45, 2.75) is 73.1 Å². The van der Waals surface area contributed by atoms with E-state index < -0.39 is 0 Å². The molecule has 148 valence electrons. The topological polar surface area (TPSA) is 17.1 Å². The van der Waals surface area contributed by atoms with E-state index in [0.717, 1.165) is 25.2 Å². The van der Waals surface area contributed by atoms with Crippen LogP contribution in [0.15, 0.2) is 48.6 Å². The summed E-state index contributed by atoms with van der Waals surface area (Å²) in [7, 11) is 0. The minimum atomic E-state index is -0.0146. The van der Waals surface area contributed by atoms with Gasteiger partial charge in [-0.15, -0.1) is 13.2 Å². The van der Waals surface area contributed by atoms with Crippen molar-refractivity contribution in [2.24, 2.45) is 34.0 Å². The third-order valence-electron chi connectivity index (χ3n) is 7.68. The van der Waals surface area contributed by atoms with Crippen LogP contribution in [-0.4, -0.2) is 5.78 Å². The highest BCUT2D eigenvalue weighted by molar-refractivity contribution is 5.87. The molecule has 4 atom stereocenters. The number of rotatable bonds is 0. The van der Waals surface area contributed by atoms with Crippen LogP contribution in [0.2, 0.25) is 0 Å². The molecule has 1 heteroatoms. The highest BCUT2D eigenvalue weighted by Gasteiger charge is 2.55. The number of carbonyl (C=O) groups excluding carboxylic acids is 1. The van der Waals surface area contributed by atoms with E-state index in [4.69, 9.17) is 0 Å². The summed E-state index contributed by atoms with van der Waals surface area (Å²) in [6.07, 6.45) is 16.6. The fourth-order valence-corrected chi connectivity index (χ4v) is 6.28. The van der Waals surface area contributed by atoms with Crippen molar-refractivity contribution in [3.05, 3.63) is 48.6 Å². The molecule has 1 nitrogen and oxygen atoms in total. The lowest BCUT2D eigenvalue weighted by Crippen LogP contribution is -2.44. The standard InChI is InChI=1S/C24H34O.C2H4/c1-22(2)12-13-23(3,4)15-19-16(14-22)6-7-18-17(19)10-11-24(5)20(18)8-9-21(24)25;1-2/h12-15,17-18,20H,6-11H2,1-5H3;1-2H2/b13-12-,16-14-,19-15+;. The quantitative estimate of drug-likeness (QED) is 0.419. The van der Waals surface area contributed by atoms with Gasteiger partial charge in [-0.2, -0.15) is 0 Å². The molecule has 3 saturated carbocycles. The number of allylic oxidation sites excluding steroid dienone is 6. The molecule has 0 aromatic rings. The number of ketones is 1. The van der Waals surface area contributed by atoms with Gasteiger partial charge in [0.15, 0.2) is 0 Å². The first-order valence-electron chi connectivity index (χ1n) is 10.8. The molecule has 4 aliphatic carbocycles. The fourth-order valence-electron chi connectivity index (χ4n) is 6.28. The summed E-state index contributed by atoms with van der Waals surface area (Å²) in [4.78, 5) is 12.5. The average molecular weight is 367 g/mol. The van der Waals surface area contributed by atoms with Crippen LogP contribution < -0.4 is 0 Å². The lowest BCUT2D eigenvalue weighted by Gasteiger charge is -2.50. The maximum Gasteiger partial charge on any atom is 0.139 e. The Morgan fingerprint density at radius 1 is 0.889 bits per heavy atom. The van der Waals surface area contributed by atoms with E-state index in [1.54, 1.807) is 11.1 Å². The van der Waals surface area contributed by atoms with Crippen molar-refractivity contribution < 1.29 is 4.79 Å². The van der Waals surface area contributed by atoms with Crippen LogP contribution in [0, 0.1) is 34.0 Å². The van der Waals surface area contributed by atoms with Gasteiger partial charge in [0, 0.05) is 22.7 Å². The van der Waals surface area contributed by atoms with Gasteiger partial charge in [-0.25, -0.2) is 0 Å². The number of fused-ring (bicyclic) bond motifs is 5. The van der Waals surface area contributed by atoms with Crippen LogP contribution in [-0.2, 0) is 4.79 Å². The average Bonchev–Trinajstić information content (AvgIpc) is 2.91. The second kappa shape index (κ2) is 6.90. The molecule has 0 spiro atoms. The van der Waals surface area contributed by atoms with E-state index in [2.05, 4.69) is 72.1 Å². The normalized spacial score (nSPS) is 43.7. The van der Waals surface area contributed by atoms with Crippen molar-refractivity contribution >= 4 is 5.78 Å². The zero-order valence-corrected chi connectivity index (χ0v) is 18.1. The van der Waals surface area contributed by atoms with Gasteiger partial charge in [0.2, 0.25) is 0 Å². The van der Waals surface area contributed by atoms with Crippen molar-refractivity contribution in [2.75, 3.05) is 0 Å². The van der Waals surface area contributed by atoms with Crippen LogP contribution in [0.25, 0.3) is 0 Å². The molecular formula is C26H38O. The van der Waals surface area contributed by atoms with E-state index >= 15 is 0 Å². The van der Waals surface area contributed by atoms with E-state index in [0.29, 0.717) is 17.6 Å². The smallest absolute Gasteiger partial charge is 0.139 e. The molecule has 0 aliphatic heterocycles. The summed E-state index contributed by atoms with van der Waals surface area (Å²) in [5.74, 6) is 2.56. The first-order chi connectivity index (χ1) is 12.6. The zero-order chi connectivity index (χ0) is 20.0. The Labute approximate surface area is 166 Å². The third kappa shape index (κ3) is 3.55. The van der Waals surface area contributed by atoms with Crippen molar-refractivity contribution in [1.82, 2.24) is 0 Å². The monoisotopic (exact) mass is 366 g/mol. The second-order valence-electron chi connectivity index (χ2n) is 10.6. The molecule has 4 rings (SSSR count). The second-order valence-corrected chi connectivity index (χ2v) is 10.6. The van der Waals surface area contributed by atoms with Crippen LogP contribution in [0.1, 0.15) is 73.1 Å². The van der Waals surface area contributed by atoms with Crippen LogP contribution in [0.4, 0.5) is 0 Å². The molecule has 0 saturated heterocycles. The molecular weight excluding hydrogens is 328 g/mol. The predicted octanol–water partition coefficient (Wildman–Crippen LogP) is 7.07.